The van der Waals surface area contributed by atoms with Crippen LogP contribution in [-0.2, 0) is 12.8 Å². The molecule has 5 nitrogen and oxygen atoms in total. The highest BCUT2D eigenvalue weighted by molar-refractivity contribution is 9.10. The van der Waals surface area contributed by atoms with E-state index in [4.69, 9.17) is 0 Å². The van der Waals surface area contributed by atoms with E-state index in [1.165, 1.54) is 24.9 Å². The SMILES string of the molecule is O=c1[nH]cnc(-n2cnc3c2CCCC3)c1Br. The summed E-state index contributed by atoms with van der Waals surface area (Å²) in [6, 6.07) is 0. The maximum absolute atomic E-state index is 11.5. The predicted octanol–water partition coefficient (Wildman–Crippen LogP) is 1.60. The van der Waals surface area contributed by atoms with Crippen molar-refractivity contribution in [2.45, 2.75) is 25.7 Å². The highest BCUT2D eigenvalue weighted by Gasteiger charge is 2.18. The van der Waals surface area contributed by atoms with Crippen molar-refractivity contribution in [3.8, 4) is 5.82 Å². The lowest BCUT2D eigenvalue weighted by molar-refractivity contribution is 0.653. The van der Waals surface area contributed by atoms with Gasteiger partial charge < -0.3 is 4.98 Å². The Hall–Kier alpha value is -1.43. The smallest absolute Gasteiger partial charge is 0.267 e. The van der Waals surface area contributed by atoms with Gasteiger partial charge in [-0.25, -0.2) is 9.97 Å². The van der Waals surface area contributed by atoms with Gasteiger partial charge in [-0.05, 0) is 41.6 Å². The maximum atomic E-state index is 11.5. The molecular weight excluding hydrogens is 284 g/mol. The van der Waals surface area contributed by atoms with Crippen LogP contribution in [0.5, 0.6) is 0 Å². The van der Waals surface area contributed by atoms with Gasteiger partial charge in [0.2, 0.25) is 0 Å². The molecule has 0 atom stereocenters. The van der Waals surface area contributed by atoms with Crippen LogP contribution in [0.15, 0.2) is 21.9 Å². The molecule has 0 bridgehead atoms. The van der Waals surface area contributed by atoms with Gasteiger partial charge in [-0.3, -0.25) is 9.36 Å². The van der Waals surface area contributed by atoms with Crippen LogP contribution in [0, 0.1) is 0 Å². The van der Waals surface area contributed by atoms with E-state index in [9.17, 15) is 4.79 Å². The molecule has 17 heavy (non-hydrogen) atoms. The summed E-state index contributed by atoms with van der Waals surface area (Å²) in [6.07, 6.45) is 7.53. The van der Waals surface area contributed by atoms with Gasteiger partial charge in [-0.1, -0.05) is 0 Å². The number of hydrogen-bond donors (Lipinski definition) is 1. The lowest BCUT2D eigenvalue weighted by atomic mass is 10.0. The molecule has 0 radical (unpaired) electrons. The Morgan fingerprint density at radius 2 is 2.12 bits per heavy atom. The number of fused-ring (bicyclic) bond motifs is 1. The third-order valence-corrected chi connectivity index (χ3v) is 3.75. The average molecular weight is 295 g/mol. The summed E-state index contributed by atoms with van der Waals surface area (Å²) in [5, 5.41) is 0. The Bertz CT molecular complexity index is 616. The van der Waals surface area contributed by atoms with Crippen LogP contribution in [0.4, 0.5) is 0 Å². The van der Waals surface area contributed by atoms with Crippen molar-refractivity contribution < 1.29 is 0 Å². The van der Waals surface area contributed by atoms with E-state index >= 15 is 0 Å². The first-order valence-corrected chi connectivity index (χ1v) is 6.35. The van der Waals surface area contributed by atoms with Gasteiger partial charge in [0.05, 0.1) is 12.0 Å². The lowest BCUT2D eigenvalue weighted by Crippen LogP contribution is -2.14. The van der Waals surface area contributed by atoms with Crippen molar-refractivity contribution in [3.05, 3.63) is 38.9 Å². The summed E-state index contributed by atoms with van der Waals surface area (Å²) in [4.78, 5) is 22.7. The number of nitrogens with one attached hydrogen (secondary N) is 1. The van der Waals surface area contributed by atoms with Gasteiger partial charge >= 0.3 is 0 Å². The van der Waals surface area contributed by atoms with Crippen LogP contribution in [-0.4, -0.2) is 19.5 Å². The number of nitrogens with zero attached hydrogens (tertiary/aromatic N) is 3. The highest BCUT2D eigenvalue weighted by atomic mass is 79.9. The van der Waals surface area contributed by atoms with Crippen LogP contribution in [0.2, 0.25) is 0 Å². The second-order valence-electron chi connectivity index (χ2n) is 4.08. The summed E-state index contributed by atoms with van der Waals surface area (Å²) in [5.41, 5.74) is 2.13. The minimum absolute atomic E-state index is 0.173. The van der Waals surface area contributed by atoms with E-state index in [0.29, 0.717) is 10.3 Å². The fraction of sp³-hybridized carbons (Fsp3) is 0.364. The zero-order valence-electron chi connectivity index (χ0n) is 9.11. The largest absolute Gasteiger partial charge is 0.312 e. The summed E-state index contributed by atoms with van der Waals surface area (Å²) in [5.74, 6) is 0.615. The van der Waals surface area contributed by atoms with Crippen LogP contribution < -0.4 is 5.56 Å². The Kier molecular flexibility index (Phi) is 2.58. The minimum Gasteiger partial charge on any atom is -0.312 e. The Morgan fingerprint density at radius 1 is 1.29 bits per heavy atom. The normalized spacial score (nSPS) is 14.6. The average Bonchev–Trinajstić information content (AvgIpc) is 2.77. The molecule has 6 heteroatoms. The second kappa shape index (κ2) is 4.10. The molecule has 0 aromatic carbocycles. The fourth-order valence-corrected chi connectivity index (χ4v) is 2.60. The molecule has 88 valence electrons. The summed E-state index contributed by atoms with van der Waals surface area (Å²) >= 11 is 3.27. The summed E-state index contributed by atoms with van der Waals surface area (Å²) < 4.78 is 2.36. The van der Waals surface area contributed by atoms with E-state index in [1.807, 2.05) is 4.57 Å². The van der Waals surface area contributed by atoms with Crippen LogP contribution in [0.1, 0.15) is 24.2 Å². The van der Waals surface area contributed by atoms with Gasteiger partial charge in [0.25, 0.3) is 5.56 Å². The first-order chi connectivity index (χ1) is 8.27. The zero-order chi connectivity index (χ0) is 11.8. The van der Waals surface area contributed by atoms with Crippen molar-refractivity contribution in [1.29, 1.82) is 0 Å². The number of aromatic amines is 1. The second-order valence-corrected chi connectivity index (χ2v) is 4.88. The number of aryl methyl sites for hydroxylation is 1. The van der Waals surface area contributed by atoms with E-state index < -0.39 is 0 Å². The molecule has 1 aliphatic rings. The van der Waals surface area contributed by atoms with Crippen LogP contribution in [0.3, 0.4) is 0 Å². The fourth-order valence-electron chi connectivity index (χ4n) is 2.19. The van der Waals surface area contributed by atoms with Gasteiger partial charge in [0, 0.05) is 5.69 Å². The van der Waals surface area contributed by atoms with Crippen molar-refractivity contribution >= 4 is 15.9 Å². The molecule has 1 N–H and O–H groups in total. The molecule has 0 spiro atoms. The monoisotopic (exact) mass is 294 g/mol. The summed E-state index contributed by atoms with van der Waals surface area (Å²) in [6.45, 7) is 0. The topological polar surface area (TPSA) is 63.6 Å². The van der Waals surface area contributed by atoms with Crippen molar-refractivity contribution in [2.24, 2.45) is 0 Å². The number of aromatic nitrogens is 4. The van der Waals surface area contributed by atoms with Crippen molar-refractivity contribution in [1.82, 2.24) is 19.5 Å². The number of rotatable bonds is 1. The van der Waals surface area contributed by atoms with Crippen LogP contribution in [0.25, 0.3) is 5.82 Å². The molecule has 0 aliphatic heterocycles. The number of imidazole rings is 1. The molecule has 2 aromatic rings. The molecule has 0 amide bonds. The van der Waals surface area contributed by atoms with Gasteiger partial charge in [0.15, 0.2) is 5.82 Å². The minimum atomic E-state index is -0.173. The molecule has 0 unspecified atom stereocenters. The number of H-pyrrole nitrogens is 1. The number of hydrogen-bond acceptors (Lipinski definition) is 3. The third-order valence-electron chi connectivity index (χ3n) is 3.04. The predicted molar refractivity (Wildman–Crippen MR) is 66.3 cm³/mol. The highest BCUT2D eigenvalue weighted by Crippen LogP contribution is 2.24. The standard InChI is InChI=1S/C11H11BrN4O/c12-9-10(13-5-14-11(9)17)16-6-15-7-3-1-2-4-8(7)16/h5-6H,1-4H2,(H,13,14,17). The molecule has 1 aliphatic carbocycles. The number of halogens is 1. The van der Waals surface area contributed by atoms with E-state index in [1.54, 1.807) is 6.33 Å². The molecule has 3 rings (SSSR count). The first kappa shape index (κ1) is 10.7. The Labute approximate surface area is 106 Å². The first-order valence-electron chi connectivity index (χ1n) is 5.56. The Morgan fingerprint density at radius 3 is 3.00 bits per heavy atom. The molecule has 0 saturated carbocycles. The van der Waals surface area contributed by atoms with E-state index in [-0.39, 0.29) is 5.56 Å². The van der Waals surface area contributed by atoms with Gasteiger partial charge in [-0.15, -0.1) is 0 Å². The third kappa shape index (κ3) is 1.72. The molecule has 2 aromatic heterocycles. The zero-order valence-corrected chi connectivity index (χ0v) is 10.7. The quantitative estimate of drug-likeness (QED) is 0.869. The molecule has 2 heterocycles. The summed E-state index contributed by atoms with van der Waals surface area (Å²) in [7, 11) is 0. The lowest BCUT2D eigenvalue weighted by Gasteiger charge is -2.13. The van der Waals surface area contributed by atoms with E-state index in [0.717, 1.165) is 18.5 Å². The maximum Gasteiger partial charge on any atom is 0.267 e. The van der Waals surface area contributed by atoms with E-state index in [2.05, 4.69) is 30.9 Å². The van der Waals surface area contributed by atoms with Gasteiger partial charge in [-0.2, -0.15) is 0 Å². The Balaban J connectivity index is 2.19. The molecule has 0 fully saturated rings. The van der Waals surface area contributed by atoms with Crippen LogP contribution >= 0.6 is 15.9 Å². The molecular formula is C11H11BrN4O. The van der Waals surface area contributed by atoms with Crippen molar-refractivity contribution in [2.75, 3.05) is 0 Å². The van der Waals surface area contributed by atoms with Crippen molar-refractivity contribution in [3.63, 3.8) is 0 Å². The van der Waals surface area contributed by atoms with Gasteiger partial charge in [0.1, 0.15) is 10.8 Å². The molecule has 0 saturated heterocycles.